The van der Waals surface area contributed by atoms with E-state index < -0.39 is 17.6 Å². The minimum atomic E-state index is -1.05. The van der Waals surface area contributed by atoms with E-state index >= 15 is 0 Å². The van der Waals surface area contributed by atoms with Gasteiger partial charge in [-0.3, -0.25) is 0 Å². The Morgan fingerprint density at radius 3 is 2.43 bits per heavy atom. The number of unbranched alkanes of at least 4 members (excludes halogenated alkanes) is 2. The molecule has 0 bridgehead atoms. The highest BCUT2D eigenvalue weighted by Crippen LogP contribution is 2.43. The Kier molecular flexibility index (Phi) is 7.63. The van der Waals surface area contributed by atoms with Gasteiger partial charge in [-0.05, 0) is 65.5 Å². The summed E-state index contributed by atoms with van der Waals surface area (Å²) in [6.45, 7) is 4.38. The second kappa shape index (κ2) is 10.2. The smallest absolute Gasteiger partial charge is 0.336 e. The molecule has 2 aromatic carbocycles. The number of carboxylic acids is 1. The van der Waals surface area contributed by atoms with E-state index in [1.807, 2.05) is 6.07 Å². The number of benzene rings is 2. The molecule has 1 saturated carbocycles. The lowest BCUT2D eigenvalue weighted by Gasteiger charge is -2.33. The van der Waals surface area contributed by atoms with Gasteiger partial charge >= 0.3 is 5.97 Å². The molecule has 0 spiro atoms. The fraction of sp³-hybridized carbons (Fsp3) is 0.500. The molecular formula is C26H32F2O2. The lowest BCUT2D eigenvalue weighted by atomic mass is 9.71. The van der Waals surface area contributed by atoms with Gasteiger partial charge in [0.2, 0.25) is 0 Å². The second-order valence-corrected chi connectivity index (χ2v) is 8.77. The molecule has 3 rings (SSSR count). The molecule has 0 heterocycles. The molecule has 4 heteroatoms. The first kappa shape index (κ1) is 22.5. The summed E-state index contributed by atoms with van der Waals surface area (Å²) in [7, 11) is 0. The van der Waals surface area contributed by atoms with Crippen molar-refractivity contribution in [1.29, 1.82) is 0 Å². The Hall–Kier alpha value is -2.23. The first-order valence-corrected chi connectivity index (χ1v) is 11.2. The van der Waals surface area contributed by atoms with Gasteiger partial charge in [-0.2, -0.15) is 0 Å². The van der Waals surface area contributed by atoms with Crippen molar-refractivity contribution in [2.45, 2.75) is 71.1 Å². The van der Waals surface area contributed by atoms with Gasteiger partial charge in [0.15, 0.2) is 11.6 Å². The summed E-state index contributed by atoms with van der Waals surface area (Å²) in [5.41, 5.74) is 1.98. The molecule has 1 fully saturated rings. The third-order valence-corrected chi connectivity index (χ3v) is 6.84. The predicted octanol–water partition coefficient (Wildman–Crippen LogP) is 7.82. The van der Waals surface area contributed by atoms with Crippen LogP contribution in [0.2, 0.25) is 0 Å². The van der Waals surface area contributed by atoms with Gasteiger partial charge in [0.05, 0.1) is 5.56 Å². The van der Waals surface area contributed by atoms with Crippen LogP contribution in [0.15, 0.2) is 36.4 Å². The molecule has 1 aliphatic carbocycles. The van der Waals surface area contributed by atoms with Crippen molar-refractivity contribution in [3.05, 3.63) is 59.2 Å². The lowest BCUT2D eigenvalue weighted by molar-refractivity contribution is 0.0697. The second-order valence-electron chi connectivity index (χ2n) is 8.77. The van der Waals surface area contributed by atoms with Crippen LogP contribution in [0.1, 0.15) is 87.1 Å². The van der Waals surface area contributed by atoms with Crippen LogP contribution in [0.25, 0.3) is 11.1 Å². The molecule has 1 unspecified atom stereocenters. The molecule has 162 valence electrons. The van der Waals surface area contributed by atoms with E-state index in [2.05, 4.69) is 13.8 Å². The normalized spacial score (nSPS) is 20.1. The fourth-order valence-electron chi connectivity index (χ4n) is 5.02. The summed E-state index contributed by atoms with van der Waals surface area (Å²) < 4.78 is 27.4. The quantitative estimate of drug-likeness (QED) is 0.447. The summed E-state index contributed by atoms with van der Waals surface area (Å²) in [6, 6.07) is 8.90. The van der Waals surface area contributed by atoms with Gasteiger partial charge in [-0.15, -0.1) is 0 Å². The van der Waals surface area contributed by atoms with Crippen LogP contribution in [0, 0.1) is 23.5 Å². The number of hydrogen-bond donors (Lipinski definition) is 1. The van der Waals surface area contributed by atoms with Crippen LogP contribution in [-0.2, 0) is 0 Å². The van der Waals surface area contributed by atoms with Crippen molar-refractivity contribution in [1.82, 2.24) is 0 Å². The van der Waals surface area contributed by atoms with Crippen molar-refractivity contribution >= 4 is 5.97 Å². The summed E-state index contributed by atoms with van der Waals surface area (Å²) in [6.07, 6.45) is 9.87. The maximum Gasteiger partial charge on any atom is 0.336 e. The highest BCUT2D eigenvalue weighted by atomic mass is 19.2. The fourth-order valence-corrected chi connectivity index (χ4v) is 5.02. The molecule has 2 nitrogen and oxygen atoms in total. The van der Waals surface area contributed by atoms with Gasteiger partial charge in [-0.25, -0.2) is 13.6 Å². The molecule has 0 saturated heterocycles. The van der Waals surface area contributed by atoms with Gasteiger partial charge in [0.25, 0.3) is 0 Å². The van der Waals surface area contributed by atoms with Gasteiger partial charge in [0, 0.05) is 0 Å². The molecule has 30 heavy (non-hydrogen) atoms. The summed E-state index contributed by atoms with van der Waals surface area (Å²) in [5, 5.41) is 9.74. The minimum Gasteiger partial charge on any atom is -0.478 e. The van der Waals surface area contributed by atoms with Crippen LogP contribution < -0.4 is 0 Å². The van der Waals surface area contributed by atoms with E-state index in [9.17, 15) is 18.7 Å². The zero-order valence-corrected chi connectivity index (χ0v) is 18.0. The molecule has 2 aromatic rings. The number of carbonyl (C=O) groups is 1. The largest absolute Gasteiger partial charge is 0.478 e. The third kappa shape index (κ3) is 5.08. The molecular weight excluding hydrogens is 382 g/mol. The van der Waals surface area contributed by atoms with E-state index in [1.54, 1.807) is 12.1 Å². The summed E-state index contributed by atoms with van der Waals surface area (Å²) in [5.74, 6) is -1.51. The summed E-state index contributed by atoms with van der Waals surface area (Å²) in [4.78, 5) is 11.9. The molecule has 1 atom stereocenters. The van der Waals surface area contributed by atoms with E-state index in [0.717, 1.165) is 36.5 Å². The molecule has 0 aromatic heterocycles. The molecule has 0 aliphatic heterocycles. The first-order chi connectivity index (χ1) is 14.4. The van der Waals surface area contributed by atoms with E-state index in [4.69, 9.17) is 0 Å². The maximum atomic E-state index is 13.9. The standard InChI is InChI=1S/C26H32F2O2/c1-3-4-5-7-18-10-12-19(13-11-18)17(2)21-8-6-9-22(26(29)30)25(21)20-14-15-23(27)24(28)16-20/h6,8-9,14-19H,3-5,7,10-13H2,1-2H3,(H,29,30). The zero-order valence-electron chi connectivity index (χ0n) is 18.0. The highest BCUT2D eigenvalue weighted by molar-refractivity contribution is 5.97. The zero-order chi connectivity index (χ0) is 21.7. The Balaban J connectivity index is 1.86. The Bertz CT molecular complexity index is 869. The third-order valence-electron chi connectivity index (χ3n) is 6.84. The van der Waals surface area contributed by atoms with E-state index in [0.29, 0.717) is 17.0 Å². The van der Waals surface area contributed by atoms with Crippen molar-refractivity contribution in [2.24, 2.45) is 11.8 Å². The van der Waals surface area contributed by atoms with Crippen LogP contribution in [0.4, 0.5) is 8.78 Å². The molecule has 0 amide bonds. The lowest BCUT2D eigenvalue weighted by Crippen LogP contribution is -2.20. The number of aromatic carboxylic acids is 1. The van der Waals surface area contributed by atoms with Crippen LogP contribution in [0.3, 0.4) is 0 Å². The van der Waals surface area contributed by atoms with Crippen LogP contribution in [-0.4, -0.2) is 11.1 Å². The van der Waals surface area contributed by atoms with Crippen molar-refractivity contribution in [3.8, 4) is 11.1 Å². The average molecular weight is 415 g/mol. The Morgan fingerprint density at radius 1 is 1.07 bits per heavy atom. The topological polar surface area (TPSA) is 37.3 Å². The van der Waals surface area contributed by atoms with Gasteiger partial charge in [-0.1, -0.05) is 70.6 Å². The van der Waals surface area contributed by atoms with E-state index in [1.165, 1.54) is 44.6 Å². The Morgan fingerprint density at radius 2 is 1.80 bits per heavy atom. The number of halogens is 2. The average Bonchev–Trinajstić information content (AvgIpc) is 2.75. The highest BCUT2D eigenvalue weighted by Gasteiger charge is 2.29. The minimum absolute atomic E-state index is 0.138. The van der Waals surface area contributed by atoms with Crippen LogP contribution >= 0.6 is 0 Å². The predicted molar refractivity (Wildman–Crippen MR) is 117 cm³/mol. The summed E-state index contributed by atoms with van der Waals surface area (Å²) >= 11 is 0. The number of rotatable bonds is 8. The molecule has 1 N–H and O–H groups in total. The first-order valence-electron chi connectivity index (χ1n) is 11.2. The monoisotopic (exact) mass is 414 g/mol. The molecule has 0 radical (unpaired) electrons. The number of carboxylic acid groups (broad SMARTS) is 1. The SMILES string of the molecule is CCCCCC1CCC(C(C)c2cccc(C(=O)O)c2-c2ccc(F)c(F)c2)CC1. The van der Waals surface area contributed by atoms with Crippen LogP contribution in [0.5, 0.6) is 0 Å². The molecule has 1 aliphatic rings. The van der Waals surface area contributed by atoms with Gasteiger partial charge < -0.3 is 5.11 Å². The van der Waals surface area contributed by atoms with Crippen molar-refractivity contribution < 1.29 is 18.7 Å². The number of hydrogen-bond acceptors (Lipinski definition) is 1. The van der Waals surface area contributed by atoms with Gasteiger partial charge in [0.1, 0.15) is 0 Å². The van der Waals surface area contributed by atoms with Crippen molar-refractivity contribution in [2.75, 3.05) is 0 Å². The van der Waals surface area contributed by atoms with E-state index in [-0.39, 0.29) is 11.5 Å². The Labute approximate surface area is 178 Å². The van der Waals surface area contributed by atoms with Crippen molar-refractivity contribution in [3.63, 3.8) is 0 Å². The maximum absolute atomic E-state index is 13.9.